The van der Waals surface area contributed by atoms with Gasteiger partial charge in [-0.1, -0.05) is 69.9 Å². The number of esters is 1. The van der Waals surface area contributed by atoms with Gasteiger partial charge >= 0.3 is 5.97 Å². The first-order valence-corrected chi connectivity index (χ1v) is 11.0. The van der Waals surface area contributed by atoms with Gasteiger partial charge in [-0.3, -0.25) is 10.5 Å². The number of nitrogens with zero attached hydrogens (tertiary/aromatic N) is 2. The van der Waals surface area contributed by atoms with Crippen LogP contribution in [0, 0.1) is 0 Å². The average Bonchev–Trinajstić information content (AvgIpc) is 2.71. The van der Waals surface area contributed by atoms with E-state index < -0.39 is 6.29 Å². The molecule has 0 spiro atoms. The van der Waals surface area contributed by atoms with Crippen LogP contribution < -0.4 is 5.73 Å². The van der Waals surface area contributed by atoms with Crippen LogP contribution in [-0.4, -0.2) is 29.4 Å². The molecule has 29 heavy (non-hydrogen) atoms. The molecule has 1 aliphatic rings. The van der Waals surface area contributed by atoms with Crippen molar-refractivity contribution in [2.75, 3.05) is 6.54 Å². The van der Waals surface area contributed by atoms with Crippen molar-refractivity contribution in [3.63, 3.8) is 0 Å². The molecule has 0 fully saturated rings. The third kappa shape index (κ3) is 6.70. The van der Waals surface area contributed by atoms with Gasteiger partial charge in [0.15, 0.2) is 12.0 Å². The van der Waals surface area contributed by atoms with Crippen molar-refractivity contribution in [3.05, 3.63) is 47.4 Å². The van der Waals surface area contributed by atoms with E-state index in [2.05, 4.69) is 48.0 Å². The molecule has 5 nitrogen and oxygen atoms in total. The van der Waals surface area contributed by atoms with Crippen LogP contribution in [0.3, 0.4) is 0 Å². The number of aliphatic imine (C=N–C) groups is 1. The standard InChI is InChI=1S/C24H37N3O2/c1-5-7-10-16-22(28)29-23-18(3)26-24(25)27(19(23)4)17-21(13-8-6-2)20-14-11-9-12-15-20/h9,11-12,14-15,21,24H,5-8,10,13,16-17,25H2,1-4H3. The first-order valence-electron chi connectivity index (χ1n) is 11.0. The molecule has 2 atom stereocenters. The minimum atomic E-state index is -0.453. The van der Waals surface area contributed by atoms with Crippen molar-refractivity contribution in [2.24, 2.45) is 10.7 Å². The van der Waals surface area contributed by atoms with Crippen molar-refractivity contribution in [1.29, 1.82) is 0 Å². The molecule has 0 aliphatic carbocycles. The highest BCUT2D eigenvalue weighted by Gasteiger charge is 2.28. The van der Waals surface area contributed by atoms with Crippen LogP contribution in [0.2, 0.25) is 0 Å². The molecule has 0 radical (unpaired) electrons. The highest BCUT2D eigenvalue weighted by atomic mass is 16.5. The molecular weight excluding hydrogens is 362 g/mol. The Hall–Kier alpha value is -2.14. The molecule has 1 aromatic rings. The van der Waals surface area contributed by atoms with Gasteiger partial charge < -0.3 is 9.64 Å². The lowest BCUT2D eigenvalue weighted by atomic mass is 9.92. The average molecular weight is 400 g/mol. The van der Waals surface area contributed by atoms with Crippen molar-refractivity contribution >= 4 is 11.7 Å². The minimum Gasteiger partial charge on any atom is -0.423 e. The van der Waals surface area contributed by atoms with E-state index in [1.807, 2.05) is 19.9 Å². The Morgan fingerprint density at radius 2 is 1.83 bits per heavy atom. The minimum absolute atomic E-state index is 0.191. The van der Waals surface area contributed by atoms with E-state index in [1.165, 1.54) is 5.56 Å². The number of unbranched alkanes of at least 4 members (excludes halogenated alkanes) is 3. The molecule has 2 unspecified atom stereocenters. The number of carbonyl (C=O) groups is 1. The third-order valence-corrected chi connectivity index (χ3v) is 5.53. The second-order valence-corrected chi connectivity index (χ2v) is 7.88. The van der Waals surface area contributed by atoms with E-state index in [1.54, 1.807) is 0 Å². The Kier molecular flexibility index (Phi) is 9.39. The first kappa shape index (κ1) is 23.1. The summed E-state index contributed by atoms with van der Waals surface area (Å²) in [5.41, 5.74) is 9.27. The van der Waals surface area contributed by atoms with Crippen LogP contribution in [0.1, 0.15) is 84.1 Å². The summed E-state index contributed by atoms with van der Waals surface area (Å²) >= 11 is 0. The summed E-state index contributed by atoms with van der Waals surface area (Å²) in [6.45, 7) is 8.93. The SMILES string of the molecule is CCCCCC(=O)OC1=C(C)N(CC(CCCC)c2ccccc2)C(N)N=C1C. The second kappa shape index (κ2) is 11.8. The number of hydrogen-bond donors (Lipinski definition) is 1. The predicted octanol–water partition coefficient (Wildman–Crippen LogP) is 5.33. The number of allylic oxidation sites excluding steroid dienone is 2. The van der Waals surface area contributed by atoms with Crippen molar-refractivity contribution in [2.45, 2.75) is 84.8 Å². The van der Waals surface area contributed by atoms with Gasteiger partial charge in [-0.05, 0) is 32.3 Å². The molecule has 2 N–H and O–H groups in total. The third-order valence-electron chi connectivity index (χ3n) is 5.53. The van der Waals surface area contributed by atoms with Crippen molar-refractivity contribution in [3.8, 4) is 0 Å². The van der Waals surface area contributed by atoms with Crippen molar-refractivity contribution < 1.29 is 9.53 Å². The normalized spacial score (nSPS) is 17.9. The summed E-state index contributed by atoms with van der Waals surface area (Å²) in [6, 6.07) is 10.6. The van der Waals surface area contributed by atoms with Crippen LogP contribution >= 0.6 is 0 Å². The molecule has 1 aromatic carbocycles. The lowest BCUT2D eigenvalue weighted by Crippen LogP contribution is -2.45. The van der Waals surface area contributed by atoms with Gasteiger partial charge in [0.25, 0.3) is 0 Å². The fourth-order valence-electron chi connectivity index (χ4n) is 3.77. The van der Waals surface area contributed by atoms with Crippen LogP contribution in [0.5, 0.6) is 0 Å². The lowest BCUT2D eigenvalue weighted by molar-refractivity contribution is -0.139. The largest absolute Gasteiger partial charge is 0.423 e. The molecular formula is C24H37N3O2. The number of ether oxygens (including phenoxy) is 1. The smallest absolute Gasteiger partial charge is 0.311 e. The summed E-state index contributed by atoms with van der Waals surface area (Å²) in [4.78, 5) is 18.9. The molecule has 0 saturated heterocycles. The summed E-state index contributed by atoms with van der Waals surface area (Å²) < 4.78 is 5.72. The molecule has 0 aromatic heterocycles. The van der Waals surface area contributed by atoms with E-state index in [4.69, 9.17) is 10.5 Å². The molecule has 1 aliphatic heterocycles. The maximum absolute atomic E-state index is 12.3. The van der Waals surface area contributed by atoms with Gasteiger partial charge in [0, 0.05) is 18.9 Å². The van der Waals surface area contributed by atoms with E-state index >= 15 is 0 Å². The fourth-order valence-corrected chi connectivity index (χ4v) is 3.77. The number of nitrogens with two attached hydrogens (primary N) is 1. The Morgan fingerprint density at radius 3 is 2.48 bits per heavy atom. The topological polar surface area (TPSA) is 67.9 Å². The van der Waals surface area contributed by atoms with Gasteiger partial charge in [0.2, 0.25) is 0 Å². The first-order chi connectivity index (χ1) is 14.0. The predicted molar refractivity (Wildman–Crippen MR) is 119 cm³/mol. The fraction of sp³-hybridized carbons (Fsp3) is 0.583. The van der Waals surface area contributed by atoms with Crippen LogP contribution in [-0.2, 0) is 9.53 Å². The number of carbonyl (C=O) groups excluding carboxylic acids is 1. The Balaban J connectivity index is 2.18. The molecule has 2 rings (SSSR count). The maximum Gasteiger partial charge on any atom is 0.311 e. The molecule has 0 bridgehead atoms. The van der Waals surface area contributed by atoms with E-state index in [9.17, 15) is 4.79 Å². The molecule has 0 saturated carbocycles. The summed E-state index contributed by atoms with van der Waals surface area (Å²) in [7, 11) is 0. The highest BCUT2D eigenvalue weighted by molar-refractivity contribution is 5.99. The number of benzene rings is 1. The maximum atomic E-state index is 12.3. The molecule has 160 valence electrons. The van der Waals surface area contributed by atoms with Gasteiger partial charge in [-0.25, -0.2) is 4.99 Å². The molecule has 1 heterocycles. The van der Waals surface area contributed by atoms with Crippen LogP contribution in [0.15, 0.2) is 46.8 Å². The zero-order chi connectivity index (χ0) is 21.2. The Bertz CT molecular complexity index is 712. The number of hydrogen-bond acceptors (Lipinski definition) is 5. The quantitative estimate of drug-likeness (QED) is 0.403. The van der Waals surface area contributed by atoms with Crippen LogP contribution in [0.4, 0.5) is 0 Å². The lowest BCUT2D eigenvalue weighted by Gasteiger charge is -2.37. The van der Waals surface area contributed by atoms with Gasteiger partial charge in [0.1, 0.15) is 0 Å². The van der Waals surface area contributed by atoms with Crippen molar-refractivity contribution in [1.82, 2.24) is 4.90 Å². The molecule has 5 heteroatoms. The number of rotatable bonds is 11. The molecule has 0 amide bonds. The summed E-state index contributed by atoms with van der Waals surface area (Å²) in [5.74, 6) is 0.728. The van der Waals surface area contributed by atoms with Gasteiger partial charge in [-0.2, -0.15) is 0 Å². The second-order valence-electron chi connectivity index (χ2n) is 7.88. The van der Waals surface area contributed by atoms with Gasteiger partial charge in [0.05, 0.1) is 11.4 Å². The van der Waals surface area contributed by atoms with E-state index in [0.29, 0.717) is 23.8 Å². The zero-order valence-electron chi connectivity index (χ0n) is 18.5. The zero-order valence-corrected chi connectivity index (χ0v) is 18.5. The summed E-state index contributed by atoms with van der Waals surface area (Å²) in [5, 5.41) is 0. The van der Waals surface area contributed by atoms with Crippen LogP contribution in [0.25, 0.3) is 0 Å². The summed E-state index contributed by atoms with van der Waals surface area (Å²) in [6.07, 6.45) is 6.36. The van der Waals surface area contributed by atoms with E-state index in [-0.39, 0.29) is 5.97 Å². The Labute approximate surface area is 176 Å². The monoisotopic (exact) mass is 399 g/mol. The van der Waals surface area contributed by atoms with E-state index in [0.717, 1.165) is 50.8 Å². The van der Waals surface area contributed by atoms with Gasteiger partial charge in [-0.15, -0.1) is 0 Å². The highest BCUT2D eigenvalue weighted by Crippen LogP contribution is 2.29. The Morgan fingerprint density at radius 1 is 1.14 bits per heavy atom.